The van der Waals surface area contributed by atoms with E-state index in [4.69, 9.17) is 4.74 Å². The number of hydrazone groups is 1. The molecule has 0 bridgehead atoms. The molecule has 33 heavy (non-hydrogen) atoms. The van der Waals surface area contributed by atoms with E-state index < -0.39 is 0 Å². The van der Waals surface area contributed by atoms with Gasteiger partial charge in [0.2, 0.25) is 0 Å². The average Bonchev–Trinajstić information content (AvgIpc) is 2.88. The van der Waals surface area contributed by atoms with Crippen molar-refractivity contribution in [1.82, 2.24) is 5.43 Å². The lowest BCUT2D eigenvalue weighted by molar-refractivity contribution is 0.0954. The highest BCUT2D eigenvalue weighted by Crippen LogP contribution is 2.26. The monoisotopic (exact) mass is 434 g/mol. The Hall–Kier alpha value is -4.18. The first-order valence-electron chi connectivity index (χ1n) is 10.9. The van der Waals surface area contributed by atoms with E-state index in [9.17, 15) is 4.79 Å². The fourth-order valence-electron chi connectivity index (χ4n) is 3.68. The van der Waals surface area contributed by atoms with E-state index in [0.29, 0.717) is 17.9 Å². The van der Waals surface area contributed by atoms with Gasteiger partial charge in [-0.1, -0.05) is 91.0 Å². The minimum atomic E-state index is -0.260. The predicted molar refractivity (Wildman–Crippen MR) is 133 cm³/mol. The Morgan fingerprint density at radius 3 is 1.82 bits per heavy atom. The van der Waals surface area contributed by atoms with Gasteiger partial charge in [-0.05, 0) is 47.9 Å². The SMILES string of the molecule is C/C(=N\NC(=O)c1ccc(OCc2ccccc2)cc1)C(c1ccccc1)c1ccccc1. The van der Waals surface area contributed by atoms with E-state index in [2.05, 4.69) is 34.8 Å². The number of hydrogen-bond acceptors (Lipinski definition) is 3. The van der Waals surface area contributed by atoms with Crippen molar-refractivity contribution in [2.24, 2.45) is 5.10 Å². The summed E-state index contributed by atoms with van der Waals surface area (Å²) in [6, 6.07) is 37.4. The second-order valence-corrected chi connectivity index (χ2v) is 7.75. The van der Waals surface area contributed by atoms with Crippen molar-refractivity contribution >= 4 is 11.6 Å². The molecule has 0 aromatic heterocycles. The summed E-state index contributed by atoms with van der Waals surface area (Å²) in [5.41, 5.74) is 7.38. The molecule has 0 unspecified atom stereocenters. The minimum Gasteiger partial charge on any atom is -0.489 e. The van der Waals surface area contributed by atoms with Gasteiger partial charge in [-0.25, -0.2) is 5.43 Å². The summed E-state index contributed by atoms with van der Waals surface area (Å²) in [6.45, 7) is 2.42. The van der Waals surface area contributed by atoms with Gasteiger partial charge in [-0.3, -0.25) is 4.79 Å². The first-order chi connectivity index (χ1) is 16.2. The van der Waals surface area contributed by atoms with Crippen molar-refractivity contribution in [3.63, 3.8) is 0 Å². The van der Waals surface area contributed by atoms with Crippen LogP contribution in [0.2, 0.25) is 0 Å². The topological polar surface area (TPSA) is 50.7 Å². The Morgan fingerprint density at radius 2 is 1.27 bits per heavy atom. The molecule has 0 saturated carbocycles. The molecule has 4 aromatic carbocycles. The molecule has 0 radical (unpaired) electrons. The first-order valence-corrected chi connectivity index (χ1v) is 10.9. The number of amides is 1. The Kier molecular flexibility index (Phi) is 7.29. The van der Waals surface area contributed by atoms with Crippen LogP contribution < -0.4 is 10.2 Å². The molecule has 0 aliphatic heterocycles. The van der Waals surface area contributed by atoms with Gasteiger partial charge < -0.3 is 4.74 Å². The molecule has 0 saturated heterocycles. The van der Waals surface area contributed by atoms with Crippen LogP contribution in [0.4, 0.5) is 0 Å². The largest absolute Gasteiger partial charge is 0.489 e. The van der Waals surface area contributed by atoms with Crippen LogP contribution in [0.1, 0.15) is 39.9 Å². The fraction of sp³-hybridized carbons (Fsp3) is 0.103. The molecule has 0 aliphatic rings. The predicted octanol–water partition coefficient (Wildman–Crippen LogP) is 6.20. The summed E-state index contributed by atoms with van der Waals surface area (Å²) in [7, 11) is 0. The van der Waals surface area contributed by atoms with Gasteiger partial charge in [0.05, 0.1) is 0 Å². The van der Waals surface area contributed by atoms with Crippen molar-refractivity contribution < 1.29 is 9.53 Å². The maximum Gasteiger partial charge on any atom is 0.271 e. The molecule has 0 atom stereocenters. The van der Waals surface area contributed by atoms with E-state index in [1.807, 2.05) is 73.7 Å². The van der Waals surface area contributed by atoms with Gasteiger partial charge in [0.1, 0.15) is 12.4 Å². The average molecular weight is 435 g/mol. The van der Waals surface area contributed by atoms with Gasteiger partial charge in [-0.15, -0.1) is 0 Å². The molecule has 4 nitrogen and oxygen atoms in total. The van der Waals surface area contributed by atoms with Gasteiger partial charge in [0.15, 0.2) is 0 Å². The summed E-state index contributed by atoms with van der Waals surface area (Å²) in [5, 5.41) is 4.44. The van der Waals surface area contributed by atoms with Crippen LogP contribution in [0.3, 0.4) is 0 Å². The summed E-state index contributed by atoms with van der Waals surface area (Å²) in [6.07, 6.45) is 0. The zero-order valence-electron chi connectivity index (χ0n) is 18.5. The second-order valence-electron chi connectivity index (χ2n) is 7.75. The number of hydrogen-bond donors (Lipinski definition) is 1. The number of rotatable bonds is 8. The minimum absolute atomic E-state index is 0.0403. The quantitative estimate of drug-likeness (QED) is 0.265. The summed E-state index contributed by atoms with van der Waals surface area (Å²) in [4.78, 5) is 12.7. The van der Waals surface area contributed by atoms with Gasteiger partial charge in [-0.2, -0.15) is 5.10 Å². The Labute approximate surface area is 194 Å². The molecule has 4 heteroatoms. The maximum absolute atomic E-state index is 12.7. The second kappa shape index (κ2) is 10.9. The molecular weight excluding hydrogens is 408 g/mol. The van der Waals surface area contributed by atoms with Crippen LogP contribution in [-0.4, -0.2) is 11.6 Å². The molecule has 0 heterocycles. The third kappa shape index (κ3) is 5.95. The highest BCUT2D eigenvalue weighted by atomic mass is 16.5. The van der Waals surface area contributed by atoms with E-state index in [0.717, 1.165) is 22.4 Å². The third-order valence-corrected chi connectivity index (χ3v) is 5.38. The van der Waals surface area contributed by atoms with E-state index >= 15 is 0 Å². The Morgan fingerprint density at radius 1 is 0.758 bits per heavy atom. The Balaban J connectivity index is 1.43. The van der Waals surface area contributed by atoms with Crippen LogP contribution in [0, 0.1) is 0 Å². The lowest BCUT2D eigenvalue weighted by Crippen LogP contribution is -2.21. The summed E-state index contributed by atoms with van der Waals surface area (Å²) < 4.78 is 5.80. The maximum atomic E-state index is 12.7. The van der Waals surface area contributed by atoms with E-state index in [1.165, 1.54) is 0 Å². The summed E-state index contributed by atoms with van der Waals surface area (Å²) in [5.74, 6) is 0.411. The molecule has 4 rings (SSSR count). The van der Waals surface area contributed by atoms with Crippen LogP contribution in [0.15, 0.2) is 120 Å². The zero-order chi connectivity index (χ0) is 22.9. The number of nitrogens with zero attached hydrogens (tertiary/aromatic N) is 1. The number of nitrogens with one attached hydrogen (secondary N) is 1. The van der Waals surface area contributed by atoms with Crippen molar-refractivity contribution in [2.45, 2.75) is 19.4 Å². The molecule has 0 spiro atoms. The standard InChI is InChI=1S/C29H26N2O2/c1-22(28(24-13-7-3-8-14-24)25-15-9-4-10-16-25)30-31-29(32)26-17-19-27(20-18-26)33-21-23-11-5-2-6-12-23/h2-20,28H,21H2,1H3,(H,31,32)/b30-22+. The smallest absolute Gasteiger partial charge is 0.271 e. The molecule has 0 fully saturated rings. The lowest BCUT2D eigenvalue weighted by atomic mass is 9.88. The van der Waals surface area contributed by atoms with Crippen molar-refractivity contribution in [3.8, 4) is 5.75 Å². The number of carbonyl (C=O) groups excluding carboxylic acids is 1. The van der Waals surface area contributed by atoms with Gasteiger partial charge in [0.25, 0.3) is 5.91 Å². The van der Waals surface area contributed by atoms with Crippen LogP contribution in [0.25, 0.3) is 0 Å². The normalized spacial score (nSPS) is 11.3. The fourth-order valence-corrected chi connectivity index (χ4v) is 3.68. The molecule has 0 aliphatic carbocycles. The highest BCUT2D eigenvalue weighted by Gasteiger charge is 2.17. The van der Waals surface area contributed by atoms with E-state index in [-0.39, 0.29) is 11.8 Å². The molecule has 164 valence electrons. The van der Waals surface area contributed by atoms with Gasteiger partial charge in [0, 0.05) is 17.2 Å². The lowest BCUT2D eigenvalue weighted by Gasteiger charge is -2.18. The summed E-state index contributed by atoms with van der Waals surface area (Å²) >= 11 is 0. The van der Waals surface area contributed by atoms with Crippen LogP contribution >= 0.6 is 0 Å². The van der Waals surface area contributed by atoms with E-state index in [1.54, 1.807) is 24.3 Å². The number of carbonyl (C=O) groups is 1. The zero-order valence-corrected chi connectivity index (χ0v) is 18.5. The van der Waals surface area contributed by atoms with Crippen molar-refractivity contribution in [2.75, 3.05) is 0 Å². The highest BCUT2D eigenvalue weighted by molar-refractivity contribution is 5.97. The number of benzene rings is 4. The van der Waals surface area contributed by atoms with Crippen LogP contribution in [-0.2, 0) is 6.61 Å². The molecule has 4 aromatic rings. The third-order valence-electron chi connectivity index (χ3n) is 5.38. The molecular formula is C29H26N2O2. The molecule has 1 amide bonds. The first kappa shape index (κ1) is 22.0. The molecule has 1 N–H and O–H groups in total. The number of ether oxygens (including phenoxy) is 1. The van der Waals surface area contributed by atoms with Crippen LogP contribution in [0.5, 0.6) is 5.75 Å². The van der Waals surface area contributed by atoms with Crippen molar-refractivity contribution in [3.05, 3.63) is 138 Å². The van der Waals surface area contributed by atoms with Gasteiger partial charge >= 0.3 is 0 Å². The Bertz CT molecular complexity index is 1150. The van der Waals surface area contributed by atoms with Crippen molar-refractivity contribution in [1.29, 1.82) is 0 Å².